The monoisotopic (exact) mass is 280 g/mol. The average molecular weight is 280 g/mol. The van der Waals surface area contributed by atoms with Gasteiger partial charge in [0.25, 0.3) is 0 Å². The maximum absolute atomic E-state index is 13.8. The number of carbonyl (C=O) groups excluding carboxylic acids is 1. The number of hydrogen-bond donors (Lipinski definition) is 2. The van der Waals surface area contributed by atoms with Crippen LogP contribution in [0.4, 0.5) is 14.5 Å². The molecule has 7 heteroatoms. The zero-order valence-corrected chi connectivity index (χ0v) is 10.4. The van der Waals surface area contributed by atoms with E-state index in [0.717, 1.165) is 18.2 Å². The van der Waals surface area contributed by atoms with Gasteiger partial charge in [0.05, 0.1) is 11.3 Å². The Bertz CT molecular complexity index is 723. The van der Waals surface area contributed by atoms with Gasteiger partial charge >= 0.3 is 5.97 Å². The highest BCUT2D eigenvalue weighted by Gasteiger charge is 2.23. The number of aromatic carboxylic acids is 1. The lowest BCUT2D eigenvalue weighted by molar-refractivity contribution is 0.0686. The minimum Gasteiger partial charge on any atom is -0.477 e. The predicted molar refractivity (Wildman–Crippen MR) is 66.6 cm³/mol. The summed E-state index contributed by atoms with van der Waals surface area (Å²) in [5.74, 6) is -4.42. The molecule has 1 aromatic carbocycles. The lowest BCUT2D eigenvalue weighted by Crippen LogP contribution is -2.09. The van der Waals surface area contributed by atoms with Crippen LogP contribution in [0.25, 0.3) is 0 Å². The van der Waals surface area contributed by atoms with Crippen LogP contribution in [-0.4, -0.2) is 21.4 Å². The van der Waals surface area contributed by atoms with Crippen molar-refractivity contribution in [2.24, 2.45) is 7.05 Å². The summed E-state index contributed by atoms with van der Waals surface area (Å²) in [6.45, 7) is 0. The van der Waals surface area contributed by atoms with Crippen molar-refractivity contribution in [2.75, 3.05) is 5.73 Å². The molecule has 0 aliphatic carbocycles. The second kappa shape index (κ2) is 4.76. The van der Waals surface area contributed by atoms with Gasteiger partial charge in [-0.15, -0.1) is 0 Å². The largest absolute Gasteiger partial charge is 0.477 e. The van der Waals surface area contributed by atoms with E-state index in [1.54, 1.807) is 0 Å². The number of carboxylic acids is 1. The number of ketones is 1. The smallest absolute Gasteiger partial charge is 0.352 e. The summed E-state index contributed by atoms with van der Waals surface area (Å²) in [6, 6.07) is 2.94. The van der Waals surface area contributed by atoms with E-state index in [4.69, 9.17) is 10.8 Å². The minimum atomic E-state index is -1.25. The molecule has 0 atom stereocenters. The molecule has 20 heavy (non-hydrogen) atoms. The predicted octanol–water partition coefficient (Wildman–Crippen LogP) is 1.81. The number of carboxylic acid groups (broad SMARTS) is 1. The zero-order valence-electron chi connectivity index (χ0n) is 10.4. The molecule has 0 saturated heterocycles. The van der Waals surface area contributed by atoms with Gasteiger partial charge in [0, 0.05) is 18.8 Å². The molecule has 3 N–H and O–H groups in total. The Hall–Kier alpha value is -2.70. The van der Waals surface area contributed by atoms with Crippen LogP contribution in [0.15, 0.2) is 24.4 Å². The van der Waals surface area contributed by atoms with Crippen molar-refractivity contribution in [3.8, 4) is 0 Å². The van der Waals surface area contributed by atoms with Gasteiger partial charge in [-0.05, 0) is 18.2 Å². The Balaban J connectivity index is 2.55. The first kappa shape index (κ1) is 13.7. The molecule has 0 fully saturated rings. The average Bonchev–Trinajstić information content (AvgIpc) is 2.76. The number of aryl methyl sites for hydroxylation is 1. The van der Waals surface area contributed by atoms with Gasteiger partial charge in [-0.2, -0.15) is 0 Å². The summed E-state index contributed by atoms with van der Waals surface area (Å²) in [4.78, 5) is 23.0. The summed E-state index contributed by atoms with van der Waals surface area (Å²) in [7, 11) is 1.41. The number of aromatic nitrogens is 1. The molecule has 0 unspecified atom stereocenters. The van der Waals surface area contributed by atoms with E-state index in [-0.39, 0.29) is 16.9 Å². The van der Waals surface area contributed by atoms with Crippen LogP contribution in [0, 0.1) is 11.6 Å². The summed E-state index contributed by atoms with van der Waals surface area (Å²) in [5.41, 5.74) is 3.84. The minimum absolute atomic E-state index is 0.131. The van der Waals surface area contributed by atoms with Crippen molar-refractivity contribution in [2.45, 2.75) is 0 Å². The first-order chi connectivity index (χ1) is 9.32. The number of carbonyl (C=O) groups is 2. The Kier molecular flexibility index (Phi) is 3.27. The number of nitrogens with zero attached hydrogens (tertiary/aromatic N) is 1. The van der Waals surface area contributed by atoms with Crippen molar-refractivity contribution < 1.29 is 23.5 Å². The molecule has 0 amide bonds. The Morgan fingerprint density at radius 1 is 1.30 bits per heavy atom. The molecule has 0 spiro atoms. The molecule has 0 aliphatic rings. The molecule has 1 heterocycles. The van der Waals surface area contributed by atoms with Gasteiger partial charge in [0.15, 0.2) is 5.82 Å². The first-order valence-corrected chi connectivity index (χ1v) is 5.50. The number of nitrogens with two attached hydrogens (primary N) is 1. The lowest BCUT2D eigenvalue weighted by atomic mass is 10.0. The Morgan fingerprint density at radius 3 is 2.50 bits per heavy atom. The maximum Gasteiger partial charge on any atom is 0.352 e. The summed E-state index contributed by atoms with van der Waals surface area (Å²) in [6.07, 6.45) is 1.19. The van der Waals surface area contributed by atoms with Crippen molar-refractivity contribution in [3.05, 3.63) is 52.9 Å². The third-order valence-electron chi connectivity index (χ3n) is 2.83. The van der Waals surface area contributed by atoms with E-state index >= 15 is 0 Å². The third-order valence-corrected chi connectivity index (χ3v) is 2.83. The molecule has 0 radical (unpaired) electrons. The fourth-order valence-corrected chi connectivity index (χ4v) is 1.82. The van der Waals surface area contributed by atoms with Gasteiger partial charge in [0.1, 0.15) is 11.5 Å². The van der Waals surface area contributed by atoms with Crippen LogP contribution in [-0.2, 0) is 7.05 Å². The van der Waals surface area contributed by atoms with Gasteiger partial charge in [-0.1, -0.05) is 0 Å². The molecular weight excluding hydrogens is 270 g/mol. The molecule has 0 aliphatic heterocycles. The molecule has 5 nitrogen and oxygen atoms in total. The van der Waals surface area contributed by atoms with E-state index < -0.39 is 29.0 Å². The second-order valence-electron chi connectivity index (χ2n) is 4.18. The summed E-state index contributed by atoms with van der Waals surface area (Å²) >= 11 is 0. The van der Waals surface area contributed by atoms with Gasteiger partial charge in [-0.25, -0.2) is 13.6 Å². The highest BCUT2D eigenvalue weighted by molar-refractivity contribution is 6.10. The van der Waals surface area contributed by atoms with Crippen LogP contribution in [0.2, 0.25) is 0 Å². The zero-order chi connectivity index (χ0) is 15.0. The van der Waals surface area contributed by atoms with Crippen LogP contribution < -0.4 is 5.73 Å². The second-order valence-corrected chi connectivity index (χ2v) is 4.18. The maximum atomic E-state index is 13.8. The molecule has 0 bridgehead atoms. The van der Waals surface area contributed by atoms with E-state index in [2.05, 4.69) is 0 Å². The SMILES string of the molecule is Cn1cc(C(=O)c2c(F)ccc(N)c2F)cc1C(=O)O. The topological polar surface area (TPSA) is 85.3 Å². The standard InChI is InChI=1S/C13H10F2N2O3/c1-17-5-6(4-9(17)13(19)20)12(18)10-7(14)2-3-8(16)11(10)15/h2-5H,16H2,1H3,(H,19,20). The number of nitrogen functional groups attached to an aromatic ring is 1. The highest BCUT2D eigenvalue weighted by atomic mass is 19.1. The van der Waals surface area contributed by atoms with Crippen molar-refractivity contribution >= 4 is 17.4 Å². The number of benzene rings is 1. The summed E-state index contributed by atoms with van der Waals surface area (Å²) in [5, 5.41) is 8.88. The van der Waals surface area contributed by atoms with E-state index in [0.29, 0.717) is 0 Å². The highest BCUT2D eigenvalue weighted by Crippen LogP contribution is 2.22. The third kappa shape index (κ3) is 2.13. The van der Waals surface area contributed by atoms with E-state index in [1.165, 1.54) is 17.8 Å². The normalized spacial score (nSPS) is 10.6. The van der Waals surface area contributed by atoms with Crippen LogP contribution in [0.1, 0.15) is 26.4 Å². The Labute approximate surface area is 112 Å². The quantitative estimate of drug-likeness (QED) is 0.663. The summed E-state index contributed by atoms with van der Waals surface area (Å²) < 4.78 is 28.5. The van der Waals surface area contributed by atoms with Crippen molar-refractivity contribution in [3.63, 3.8) is 0 Å². The van der Waals surface area contributed by atoms with Crippen molar-refractivity contribution in [1.29, 1.82) is 0 Å². The Morgan fingerprint density at radius 2 is 1.95 bits per heavy atom. The number of rotatable bonds is 3. The molecule has 2 aromatic rings. The molecule has 104 valence electrons. The number of hydrogen-bond acceptors (Lipinski definition) is 3. The fourth-order valence-electron chi connectivity index (χ4n) is 1.82. The number of anilines is 1. The van der Waals surface area contributed by atoms with Crippen LogP contribution in [0.5, 0.6) is 0 Å². The van der Waals surface area contributed by atoms with E-state index in [9.17, 15) is 18.4 Å². The van der Waals surface area contributed by atoms with Crippen LogP contribution >= 0.6 is 0 Å². The van der Waals surface area contributed by atoms with E-state index in [1.807, 2.05) is 0 Å². The van der Waals surface area contributed by atoms with Gasteiger partial charge in [0.2, 0.25) is 5.78 Å². The first-order valence-electron chi connectivity index (χ1n) is 5.50. The molecular formula is C13H10F2N2O3. The lowest BCUT2D eigenvalue weighted by Gasteiger charge is -2.04. The van der Waals surface area contributed by atoms with Gasteiger partial charge in [-0.3, -0.25) is 4.79 Å². The van der Waals surface area contributed by atoms with Crippen LogP contribution in [0.3, 0.4) is 0 Å². The number of halogens is 2. The van der Waals surface area contributed by atoms with Crippen molar-refractivity contribution in [1.82, 2.24) is 4.57 Å². The molecule has 0 saturated carbocycles. The van der Waals surface area contributed by atoms with Gasteiger partial charge < -0.3 is 15.4 Å². The molecule has 2 rings (SSSR count). The molecule has 1 aromatic heterocycles. The fraction of sp³-hybridized carbons (Fsp3) is 0.0769.